The van der Waals surface area contributed by atoms with Gasteiger partial charge in [0.15, 0.2) is 0 Å². The molecule has 0 saturated heterocycles. The first-order chi connectivity index (χ1) is 8.31. The second-order valence-electron chi connectivity index (χ2n) is 3.34. The molecule has 0 aliphatic heterocycles. The lowest BCUT2D eigenvalue weighted by Gasteiger charge is -2.08. The van der Waals surface area contributed by atoms with Crippen LogP contribution >= 0.6 is 15.9 Å². The molecule has 0 saturated carbocycles. The summed E-state index contributed by atoms with van der Waals surface area (Å²) in [6.07, 6.45) is 1.63. The van der Waals surface area contributed by atoms with Crippen LogP contribution in [0.3, 0.4) is 0 Å². The summed E-state index contributed by atoms with van der Waals surface area (Å²) in [6.45, 7) is 0.541. The predicted molar refractivity (Wildman–Crippen MR) is 68.2 cm³/mol. The van der Waals surface area contributed by atoms with Gasteiger partial charge in [0, 0.05) is 10.7 Å². The van der Waals surface area contributed by atoms with E-state index in [0.717, 1.165) is 15.9 Å². The van der Waals surface area contributed by atoms with Crippen LogP contribution in [-0.4, -0.2) is 10.2 Å². The van der Waals surface area contributed by atoms with Gasteiger partial charge in [-0.25, -0.2) is 0 Å². The van der Waals surface area contributed by atoms with Gasteiger partial charge in [-0.15, -0.1) is 0 Å². The Kier molecular flexibility index (Phi) is 3.68. The highest BCUT2D eigenvalue weighted by molar-refractivity contribution is 9.10. The van der Waals surface area contributed by atoms with Crippen LogP contribution < -0.4 is 5.32 Å². The van der Waals surface area contributed by atoms with E-state index >= 15 is 0 Å². The number of nitriles is 1. The SMILES string of the molecule is N#Cc1c(Br)cccc1NCc1cccnn1. The van der Waals surface area contributed by atoms with Gasteiger partial charge in [0.05, 0.1) is 23.5 Å². The van der Waals surface area contributed by atoms with Crippen molar-refractivity contribution in [3.8, 4) is 6.07 Å². The lowest BCUT2D eigenvalue weighted by molar-refractivity contribution is 0.924. The summed E-state index contributed by atoms with van der Waals surface area (Å²) in [5.74, 6) is 0. The highest BCUT2D eigenvalue weighted by Gasteiger charge is 2.05. The van der Waals surface area contributed by atoms with E-state index in [2.05, 4.69) is 37.5 Å². The first-order valence-electron chi connectivity index (χ1n) is 5.00. The van der Waals surface area contributed by atoms with Crippen LogP contribution in [0.1, 0.15) is 11.3 Å². The molecule has 0 bridgehead atoms. The molecular formula is C12H9BrN4. The number of aromatic nitrogens is 2. The zero-order valence-corrected chi connectivity index (χ0v) is 10.5. The zero-order valence-electron chi connectivity index (χ0n) is 8.89. The van der Waals surface area contributed by atoms with Gasteiger partial charge in [-0.05, 0) is 40.2 Å². The third kappa shape index (κ3) is 2.80. The monoisotopic (exact) mass is 288 g/mol. The predicted octanol–water partition coefficient (Wildman–Crippen LogP) is 2.72. The Morgan fingerprint density at radius 3 is 2.88 bits per heavy atom. The normalized spacial score (nSPS) is 9.65. The minimum atomic E-state index is 0.541. The van der Waals surface area contributed by atoms with E-state index in [-0.39, 0.29) is 0 Å². The summed E-state index contributed by atoms with van der Waals surface area (Å²) < 4.78 is 0.782. The molecule has 0 fully saturated rings. The average molecular weight is 289 g/mol. The molecule has 0 amide bonds. The molecular weight excluding hydrogens is 280 g/mol. The summed E-state index contributed by atoms with van der Waals surface area (Å²) in [5.41, 5.74) is 2.21. The maximum Gasteiger partial charge on any atom is 0.103 e. The number of nitrogens with one attached hydrogen (secondary N) is 1. The van der Waals surface area contributed by atoms with E-state index in [1.807, 2.05) is 30.3 Å². The van der Waals surface area contributed by atoms with E-state index in [4.69, 9.17) is 5.26 Å². The molecule has 1 N–H and O–H groups in total. The van der Waals surface area contributed by atoms with Crippen LogP contribution in [-0.2, 0) is 6.54 Å². The number of halogens is 1. The molecule has 84 valence electrons. The fourth-order valence-electron chi connectivity index (χ4n) is 1.40. The third-order valence-electron chi connectivity index (χ3n) is 2.21. The maximum absolute atomic E-state index is 9.05. The van der Waals surface area contributed by atoms with Crippen molar-refractivity contribution >= 4 is 21.6 Å². The van der Waals surface area contributed by atoms with Crippen LogP contribution in [0, 0.1) is 11.3 Å². The van der Waals surface area contributed by atoms with Crippen LogP contribution in [0.4, 0.5) is 5.69 Å². The second kappa shape index (κ2) is 5.41. The highest BCUT2D eigenvalue weighted by atomic mass is 79.9. The van der Waals surface area contributed by atoms with Gasteiger partial charge in [0.1, 0.15) is 6.07 Å². The molecule has 0 atom stereocenters. The van der Waals surface area contributed by atoms with E-state index in [0.29, 0.717) is 12.1 Å². The van der Waals surface area contributed by atoms with Gasteiger partial charge in [-0.1, -0.05) is 6.07 Å². The van der Waals surface area contributed by atoms with Crippen molar-refractivity contribution in [3.05, 3.63) is 52.3 Å². The van der Waals surface area contributed by atoms with Crippen molar-refractivity contribution in [1.29, 1.82) is 5.26 Å². The summed E-state index contributed by atoms with van der Waals surface area (Å²) in [4.78, 5) is 0. The maximum atomic E-state index is 9.05. The Morgan fingerprint density at radius 2 is 2.18 bits per heavy atom. The summed E-state index contributed by atoms with van der Waals surface area (Å²) in [7, 11) is 0. The molecule has 2 rings (SSSR count). The number of benzene rings is 1. The van der Waals surface area contributed by atoms with E-state index in [9.17, 15) is 0 Å². The first kappa shape index (κ1) is 11.6. The molecule has 0 radical (unpaired) electrons. The molecule has 5 heteroatoms. The van der Waals surface area contributed by atoms with Crippen molar-refractivity contribution < 1.29 is 0 Å². The van der Waals surface area contributed by atoms with Crippen LogP contribution in [0.25, 0.3) is 0 Å². The van der Waals surface area contributed by atoms with Crippen molar-refractivity contribution in [2.75, 3.05) is 5.32 Å². The van der Waals surface area contributed by atoms with Crippen molar-refractivity contribution in [1.82, 2.24) is 10.2 Å². The number of nitrogens with zero attached hydrogens (tertiary/aromatic N) is 3. The lowest BCUT2D eigenvalue weighted by Crippen LogP contribution is -2.03. The second-order valence-corrected chi connectivity index (χ2v) is 4.20. The molecule has 1 aromatic heterocycles. The minimum Gasteiger partial charge on any atom is -0.378 e. The number of hydrogen-bond acceptors (Lipinski definition) is 4. The third-order valence-corrected chi connectivity index (χ3v) is 2.87. The Bertz CT molecular complexity index is 548. The van der Waals surface area contributed by atoms with E-state index in [1.165, 1.54) is 0 Å². The molecule has 0 aliphatic rings. The molecule has 1 aromatic carbocycles. The van der Waals surface area contributed by atoms with Gasteiger partial charge >= 0.3 is 0 Å². The van der Waals surface area contributed by atoms with Crippen molar-refractivity contribution in [2.45, 2.75) is 6.54 Å². The number of hydrogen-bond donors (Lipinski definition) is 1. The van der Waals surface area contributed by atoms with Gasteiger partial charge < -0.3 is 5.32 Å². The van der Waals surface area contributed by atoms with Gasteiger partial charge in [0.2, 0.25) is 0 Å². The first-order valence-corrected chi connectivity index (χ1v) is 5.79. The smallest absolute Gasteiger partial charge is 0.103 e. The molecule has 1 heterocycles. The van der Waals surface area contributed by atoms with Crippen molar-refractivity contribution in [3.63, 3.8) is 0 Å². The van der Waals surface area contributed by atoms with Crippen molar-refractivity contribution in [2.24, 2.45) is 0 Å². The Morgan fingerprint density at radius 1 is 1.29 bits per heavy atom. The molecule has 0 aliphatic carbocycles. The quantitative estimate of drug-likeness (QED) is 0.943. The fourth-order valence-corrected chi connectivity index (χ4v) is 1.85. The minimum absolute atomic E-state index is 0.541. The number of anilines is 1. The topological polar surface area (TPSA) is 61.6 Å². The summed E-state index contributed by atoms with van der Waals surface area (Å²) in [5, 5.41) is 20.0. The largest absolute Gasteiger partial charge is 0.378 e. The number of rotatable bonds is 3. The highest BCUT2D eigenvalue weighted by Crippen LogP contribution is 2.23. The van der Waals surface area contributed by atoms with Crippen LogP contribution in [0.2, 0.25) is 0 Å². The molecule has 2 aromatic rings. The van der Waals surface area contributed by atoms with Gasteiger partial charge in [0.25, 0.3) is 0 Å². The molecule has 4 nitrogen and oxygen atoms in total. The fraction of sp³-hybridized carbons (Fsp3) is 0.0833. The Balaban J connectivity index is 2.15. The van der Waals surface area contributed by atoms with Gasteiger partial charge in [-0.2, -0.15) is 15.5 Å². The van der Waals surface area contributed by atoms with Crippen LogP contribution in [0.15, 0.2) is 41.0 Å². The van der Waals surface area contributed by atoms with Crippen LogP contribution in [0.5, 0.6) is 0 Å². The van der Waals surface area contributed by atoms with E-state index < -0.39 is 0 Å². The van der Waals surface area contributed by atoms with E-state index in [1.54, 1.807) is 6.20 Å². The standard InChI is InChI=1S/C12H9BrN4/c13-11-4-1-5-12(10(11)7-14)15-8-9-3-2-6-16-17-9/h1-6,15H,8H2. The lowest BCUT2D eigenvalue weighted by atomic mass is 10.2. The Hall–Kier alpha value is -1.93. The zero-order chi connectivity index (χ0) is 12.1. The summed E-state index contributed by atoms with van der Waals surface area (Å²) >= 11 is 3.34. The molecule has 0 spiro atoms. The summed E-state index contributed by atoms with van der Waals surface area (Å²) in [6, 6.07) is 11.4. The average Bonchev–Trinajstić information content (AvgIpc) is 2.37. The molecule has 0 unspecified atom stereocenters. The van der Waals surface area contributed by atoms with Gasteiger partial charge in [-0.3, -0.25) is 0 Å². The molecule has 17 heavy (non-hydrogen) atoms. The Labute approximate surface area is 107 Å².